The second kappa shape index (κ2) is 5.82. The van der Waals surface area contributed by atoms with E-state index in [2.05, 4.69) is 5.32 Å². The highest BCUT2D eigenvalue weighted by molar-refractivity contribution is 5.68. The molecule has 0 aliphatic rings. The van der Waals surface area contributed by atoms with Gasteiger partial charge in [0.05, 0.1) is 26.9 Å². The first kappa shape index (κ1) is 14.4. The van der Waals surface area contributed by atoms with Crippen molar-refractivity contribution in [3.05, 3.63) is 12.1 Å². The summed E-state index contributed by atoms with van der Waals surface area (Å²) in [6.07, 6.45) is 0. The van der Waals surface area contributed by atoms with Crippen LogP contribution in [-0.4, -0.2) is 38.6 Å². The van der Waals surface area contributed by atoms with Gasteiger partial charge in [-0.25, -0.2) is 0 Å². The van der Waals surface area contributed by atoms with E-state index in [4.69, 9.17) is 14.2 Å². The molecule has 2 N–H and O–H groups in total. The maximum atomic E-state index is 9.74. The Morgan fingerprint density at radius 2 is 1.56 bits per heavy atom. The average Bonchev–Trinajstić information content (AvgIpc) is 2.34. The van der Waals surface area contributed by atoms with E-state index in [-0.39, 0.29) is 0 Å². The molecular formula is C13H21NO4. The number of benzene rings is 1. The van der Waals surface area contributed by atoms with E-state index in [9.17, 15) is 5.11 Å². The van der Waals surface area contributed by atoms with Gasteiger partial charge < -0.3 is 24.6 Å². The molecule has 0 spiro atoms. The van der Waals surface area contributed by atoms with Crippen molar-refractivity contribution >= 4 is 5.69 Å². The molecule has 0 radical (unpaired) electrons. The third kappa shape index (κ3) is 3.70. The van der Waals surface area contributed by atoms with Gasteiger partial charge in [0, 0.05) is 18.7 Å². The molecule has 1 aromatic rings. The summed E-state index contributed by atoms with van der Waals surface area (Å²) in [6, 6.07) is 3.52. The molecule has 0 aromatic heterocycles. The molecule has 0 saturated heterocycles. The van der Waals surface area contributed by atoms with Crippen LogP contribution in [0.1, 0.15) is 13.8 Å². The average molecular weight is 255 g/mol. The van der Waals surface area contributed by atoms with Crippen LogP contribution in [0, 0.1) is 0 Å². The number of ether oxygens (including phenoxy) is 3. The van der Waals surface area contributed by atoms with Gasteiger partial charge >= 0.3 is 0 Å². The molecule has 5 heteroatoms. The molecule has 0 fully saturated rings. The van der Waals surface area contributed by atoms with Gasteiger partial charge in [-0.15, -0.1) is 0 Å². The van der Waals surface area contributed by atoms with Crippen LogP contribution in [-0.2, 0) is 0 Å². The van der Waals surface area contributed by atoms with Crippen molar-refractivity contribution in [2.75, 3.05) is 33.2 Å². The number of methoxy groups -OCH3 is 3. The fourth-order valence-corrected chi connectivity index (χ4v) is 1.48. The number of rotatable bonds is 6. The van der Waals surface area contributed by atoms with Crippen molar-refractivity contribution in [1.29, 1.82) is 0 Å². The molecule has 1 rings (SSSR count). The third-order valence-electron chi connectivity index (χ3n) is 2.41. The van der Waals surface area contributed by atoms with Gasteiger partial charge in [0.2, 0.25) is 0 Å². The summed E-state index contributed by atoms with van der Waals surface area (Å²) in [6.45, 7) is 3.83. The predicted octanol–water partition coefficient (Wildman–Crippen LogP) is 1.90. The number of hydrogen-bond acceptors (Lipinski definition) is 5. The quantitative estimate of drug-likeness (QED) is 0.813. The minimum atomic E-state index is -0.823. The normalized spacial score (nSPS) is 11.0. The molecule has 1 aromatic carbocycles. The van der Waals surface area contributed by atoms with E-state index in [1.54, 1.807) is 47.3 Å². The van der Waals surface area contributed by atoms with Gasteiger partial charge in [-0.2, -0.15) is 0 Å². The summed E-state index contributed by atoms with van der Waals surface area (Å²) in [5.74, 6) is 1.86. The Morgan fingerprint density at radius 3 is 1.89 bits per heavy atom. The minimum absolute atomic E-state index is 0.381. The van der Waals surface area contributed by atoms with E-state index >= 15 is 0 Å². The Balaban J connectivity index is 3.07. The molecule has 0 unspecified atom stereocenters. The summed E-state index contributed by atoms with van der Waals surface area (Å²) in [7, 11) is 4.73. The SMILES string of the molecule is COc1cc(OC)c(NCC(C)(C)O)c(OC)c1. The largest absolute Gasteiger partial charge is 0.496 e. The van der Waals surface area contributed by atoms with E-state index in [0.717, 1.165) is 0 Å². The maximum Gasteiger partial charge on any atom is 0.149 e. The second-order valence-electron chi connectivity index (χ2n) is 4.57. The summed E-state index contributed by atoms with van der Waals surface area (Å²) in [5.41, 5.74) is -0.126. The summed E-state index contributed by atoms with van der Waals surface area (Å²) in [5, 5.41) is 12.9. The van der Waals surface area contributed by atoms with Crippen LogP contribution in [0.15, 0.2) is 12.1 Å². The lowest BCUT2D eigenvalue weighted by atomic mass is 10.1. The van der Waals surface area contributed by atoms with Crippen LogP contribution in [0.4, 0.5) is 5.69 Å². The summed E-state index contributed by atoms with van der Waals surface area (Å²) < 4.78 is 15.7. The predicted molar refractivity (Wildman–Crippen MR) is 70.9 cm³/mol. The molecule has 18 heavy (non-hydrogen) atoms. The highest BCUT2D eigenvalue weighted by Crippen LogP contribution is 2.38. The van der Waals surface area contributed by atoms with E-state index in [1.165, 1.54) is 0 Å². The molecule has 0 saturated carbocycles. The number of hydrogen-bond donors (Lipinski definition) is 2. The third-order valence-corrected chi connectivity index (χ3v) is 2.41. The van der Waals surface area contributed by atoms with Crippen LogP contribution >= 0.6 is 0 Å². The van der Waals surface area contributed by atoms with Crippen LogP contribution < -0.4 is 19.5 Å². The van der Waals surface area contributed by atoms with Gasteiger partial charge in [-0.1, -0.05) is 0 Å². The highest BCUT2D eigenvalue weighted by atomic mass is 16.5. The van der Waals surface area contributed by atoms with Crippen LogP contribution in [0.25, 0.3) is 0 Å². The lowest BCUT2D eigenvalue weighted by Gasteiger charge is -2.21. The highest BCUT2D eigenvalue weighted by Gasteiger charge is 2.17. The standard InChI is InChI=1S/C13H21NO4/c1-13(2,15)8-14-12-10(17-4)6-9(16-3)7-11(12)18-5/h6-7,14-15H,8H2,1-5H3. The molecule has 102 valence electrons. The Labute approximate surface area is 108 Å². The zero-order valence-corrected chi connectivity index (χ0v) is 11.5. The first-order chi connectivity index (χ1) is 8.41. The second-order valence-corrected chi connectivity index (χ2v) is 4.57. The molecule has 0 atom stereocenters. The molecule has 0 heterocycles. The van der Waals surface area contributed by atoms with E-state index in [1.807, 2.05) is 0 Å². The zero-order valence-electron chi connectivity index (χ0n) is 11.5. The maximum absolute atomic E-state index is 9.74. The molecule has 0 bridgehead atoms. The molecule has 0 amide bonds. The molecular weight excluding hydrogens is 234 g/mol. The van der Waals surface area contributed by atoms with Crippen LogP contribution in [0.5, 0.6) is 17.2 Å². The number of nitrogens with one attached hydrogen (secondary N) is 1. The molecule has 0 aliphatic carbocycles. The van der Waals surface area contributed by atoms with Crippen molar-refractivity contribution in [1.82, 2.24) is 0 Å². The lowest BCUT2D eigenvalue weighted by Crippen LogP contribution is -2.29. The first-order valence-corrected chi connectivity index (χ1v) is 5.67. The summed E-state index contributed by atoms with van der Waals surface area (Å²) in [4.78, 5) is 0. The first-order valence-electron chi connectivity index (χ1n) is 5.67. The monoisotopic (exact) mass is 255 g/mol. The van der Waals surface area contributed by atoms with E-state index < -0.39 is 5.60 Å². The van der Waals surface area contributed by atoms with Gasteiger partial charge in [-0.05, 0) is 13.8 Å². The number of aliphatic hydroxyl groups is 1. The lowest BCUT2D eigenvalue weighted by molar-refractivity contribution is 0.0944. The Kier molecular flexibility index (Phi) is 4.67. The van der Waals surface area contributed by atoms with Gasteiger partial charge in [0.25, 0.3) is 0 Å². The Morgan fingerprint density at radius 1 is 1.06 bits per heavy atom. The zero-order chi connectivity index (χ0) is 13.8. The van der Waals surface area contributed by atoms with Crippen molar-refractivity contribution in [3.8, 4) is 17.2 Å². The van der Waals surface area contributed by atoms with Crippen molar-refractivity contribution in [3.63, 3.8) is 0 Å². The van der Waals surface area contributed by atoms with Crippen molar-refractivity contribution in [2.24, 2.45) is 0 Å². The van der Waals surface area contributed by atoms with Crippen LogP contribution in [0.3, 0.4) is 0 Å². The van der Waals surface area contributed by atoms with Crippen molar-refractivity contribution < 1.29 is 19.3 Å². The fourth-order valence-electron chi connectivity index (χ4n) is 1.48. The summed E-state index contributed by atoms with van der Waals surface area (Å²) >= 11 is 0. The van der Waals surface area contributed by atoms with Gasteiger partial charge in [-0.3, -0.25) is 0 Å². The Hall–Kier alpha value is -1.62. The smallest absolute Gasteiger partial charge is 0.149 e. The van der Waals surface area contributed by atoms with Gasteiger partial charge in [0.1, 0.15) is 22.9 Å². The van der Waals surface area contributed by atoms with E-state index in [0.29, 0.717) is 29.5 Å². The Bertz CT molecular complexity index is 373. The van der Waals surface area contributed by atoms with Crippen molar-refractivity contribution in [2.45, 2.75) is 19.4 Å². The van der Waals surface area contributed by atoms with Crippen LogP contribution in [0.2, 0.25) is 0 Å². The van der Waals surface area contributed by atoms with Gasteiger partial charge in [0.15, 0.2) is 0 Å². The minimum Gasteiger partial charge on any atom is -0.496 e. The number of anilines is 1. The molecule has 0 aliphatic heterocycles. The molecule has 5 nitrogen and oxygen atoms in total. The topological polar surface area (TPSA) is 60.0 Å². The fraction of sp³-hybridized carbons (Fsp3) is 0.538.